The van der Waals surface area contributed by atoms with Gasteiger partial charge in [0.1, 0.15) is 0 Å². The van der Waals surface area contributed by atoms with Gasteiger partial charge in [-0.3, -0.25) is 0 Å². The first-order chi connectivity index (χ1) is 17.4. The van der Waals surface area contributed by atoms with Crippen molar-refractivity contribution in [2.45, 2.75) is 160 Å². The summed E-state index contributed by atoms with van der Waals surface area (Å²) in [6.07, 6.45) is 18.8. The fourth-order valence-corrected chi connectivity index (χ4v) is 5.86. The average molecular weight is 552 g/mol. The van der Waals surface area contributed by atoms with E-state index in [0.29, 0.717) is 6.42 Å². The molecule has 0 amide bonds. The van der Waals surface area contributed by atoms with Crippen LogP contribution in [0.25, 0.3) is 0 Å². The number of hydrogen-bond donors (Lipinski definition) is 2. The molecule has 214 valence electrons. The summed E-state index contributed by atoms with van der Waals surface area (Å²) in [5.41, 5.74) is 0. The third kappa shape index (κ3) is 16.6. The van der Waals surface area contributed by atoms with Crippen molar-refractivity contribution in [3.63, 3.8) is 0 Å². The number of carboxylic acid groups (broad SMARTS) is 1. The summed E-state index contributed by atoms with van der Waals surface area (Å²) in [6, 6.07) is 0. The molecule has 5 atom stereocenters. The van der Waals surface area contributed by atoms with Crippen LogP contribution in [0.1, 0.15) is 137 Å². The molecule has 36 heavy (non-hydrogen) atoms. The van der Waals surface area contributed by atoms with E-state index >= 15 is 0 Å². The third-order valence-electron chi connectivity index (χ3n) is 6.58. The first-order valence-corrected chi connectivity index (χ1v) is 16.6. The fourth-order valence-electron chi connectivity index (χ4n) is 4.19. The average Bonchev–Trinajstić information content (AvgIpc) is 2.87. The van der Waals surface area contributed by atoms with Crippen molar-refractivity contribution in [2.24, 2.45) is 0 Å². The number of carbonyl (C=O) groups is 1. The van der Waals surface area contributed by atoms with Gasteiger partial charge in [-0.05, 0) is 31.9 Å². The summed E-state index contributed by atoms with van der Waals surface area (Å²) in [4.78, 5) is 11.7. The van der Waals surface area contributed by atoms with Crippen molar-refractivity contribution >= 4 is 26.2 Å². The van der Waals surface area contributed by atoms with Crippen LogP contribution in [-0.4, -0.2) is 51.5 Å². The molecule has 0 saturated carbocycles. The van der Waals surface area contributed by atoms with Crippen LogP contribution < -0.4 is 0 Å². The van der Waals surface area contributed by atoms with Gasteiger partial charge < -0.3 is 19.7 Å². The summed E-state index contributed by atoms with van der Waals surface area (Å²) in [6.45, 7) is 8.51. The molecular formula is C28H56O6PS+. The molecule has 0 aromatic carbocycles. The number of aliphatic carboxylic acids is 1. The SMILES string of the molecule is CCCCCCCCCCCSC(CCCCCCCC)C(C)OC(OCCC)C(O)([PH+]=O)C(=O)O. The van der Waals surface area contributed by atoms with E-state index < -0.39 is 26.1 Å². The highest BCUT2D eigenvalue weighted by atomic mass is 32.2. The molecule has 8 heteroatoms. The monoisotopic (exact) mass is 551 g/mol. The van der Waals surface area contributed by atoms with Crippen molar-refractivity contribution in [3.8, 4) is 0 Å². The van der Waals surface area contributed by atoms with Crippen LogP contribution in [0.3, 0.4) is 0 Å². The second kappa shape index (κ2) is 23.9. The Bertz CT molecular complexity index is 538. The molecule has 0 radical (unpaired) electrons. The van der Waals surface area contributed by atoms with Crippen LogP contribution in [0.4, 0.5) is 0 Å². The predicted molar refractivity (Wildman–Crippen MR) is 154 cm³/mol. The Morgan fingerprint density at radius 1 is 0.833 bits per heavy atom. The Hall–Kier alpha value is -0.200. The smallest absolute Gasteiger partial charge is 0.407 e. The van der Waals surface area contributed by atoms with Crippen LogP contribution in [-0.2, 0) is 18.8 Å². The number of thioether (sulfide) groups is 1. The van der Waals surface area contributed by atoms with Crippen molar-refractivity contribution in [2.75, 3.05) is 12.4 Å². The molecule has 0 fully saturated rings. The lowest BCUT2D eigenvalue weighted by molar-refractivity contribution is -0.230. The van der Waals surface area contributed by atoms with Crippen molar-refractivity contribution in [1.29, 1.82) is 0 Å². The number of ether oxygens (including phenoxy) is 2. The summed E-state index contributed by atoms with van der Waals surface area (Å²) in [5.74, 6) is -0.546. The highest BCUT2D eigenvalue weighted by Crippen LogP contribution is 2.32. The zero-order valence-electron chi connectivity index (χ0n) is 23.6. The quantitative estimate of drug-likeness (QED) is 0.0602. The predicted octanol–water partition coefficient (Wildman–Crippen LogP) is 8.32. The molecule has 0 spiro atoms. The molecule has 0 heterocycles. The van der Waals surface area contributed by atoms with Gasteiger partial charge in [0.15, 0.2) is 0 Å². The lowest BCUT2D eigenvalue weighted by Gasteiger charge is -2.30. The highest BCUT2D eigenvalue weighted by Gasteiger charge is 2.56. The van der Waals surface area contributed by atoms with E-state index in [2.05, 4.69) is 13.8 Å². The molecule has 0 aliphatic rings. The molecule has 2 N–H and O–H groups in total. The minimum absolute atomic E-state index is 0.172. The van der Waals surface area contributed by atoms with E-state index in [-0.39, 0.29) is 18.0 Å². The minimum Gasteiger partial charge on any atom is -0.476 e. The molecule has 5 unspecified atom stereocenters. The highest BCUT2D eigenvalue weighted by molar-refractivity contribution is 7.99. The standard InChI is InChI=1S/C28H55O6PS/c1-5-8-10-12-14-15-16-18-20-23-36-25(21-19-17-13-11-9-6-2)24(4)34-27(33-22-7-3)28(31,35-32)26(29)30/h24-25,27,31H,5-23H2,1-4H3,(H,29,30)/p+1. The molecular weight excluding hydrogens is 495 g/mol. The van der Waals surface area contributed by atoms with Gasteiger partial charge in [0.25, 0.3) is 0 Å². The minimum atomic E-state index is -2.56. The topological polar surface area (TPSA) is 93.1 Å². The summed E-state index contributed by atoms with van der Waals surface area (Å²) in [5, 5.41) is 17.6. The van der Waals surface area contributed by atoms with Gasteiger partial charge in [0.05, 0.1) is 6.10 Å². The molecule has 0 aromatic heterocycles. The zero-order chi connectivity index (χ0) is 27.1. The van der Waals surface area contributed by atoms with E-state index in [1.807, 2.05) is 25.6 Å². The molecule has 0 rings (SSSR count). The summed E-state index contributed by atoms with van der Waals surface area (Å²) in [7, 11) is -1.48. The largest absolute Gasteiger partial charge is 0.476 e. The summed E-state index contributed by atoms with van der Waals surface area (Å²) < 4.78 is 23.2. The van der Waals surface area contributed by atoms with Crippen LogP contribution in [0.15, 0.2) is 0 Å². The summed E-state index contributed by atoms with van der Waals surface area (Å²) >= 11 is 1.88. The zero-order valence-corrected chi connectivity index (χ0v) is 25.4. The van der Waals surface area contributed by atoms with Gasteiger partial charge in [-0.15, -0.1) is 0 Å². The van der Waals surface area contributed by atoms with Crippen molar-refractivity contribution < 1.29 is 29.0 Å². The molecule has 0 aliphatic carbocycles. The Kier molecular flexibility index (Phi) is 23.8. The first kappa shape index (κ1) is 35.8. The number of rotatable bonds is 27. The van der Waals surface area contributed by atoms with E-state index in [0.717, 1.165) is 25.0 Å². The van der Waals surface area contributed by atoms with Crippen LogP contribution in [0.5, 0.6) is 0 Å². The van der Waals surface area contributed by atoms with Gasteiger partial charge in [0, 0.05) is 11.9 Å². The van der Waals surface area contributed by atoms with E-state index in [9.17, 15) is 19.6 Å². The van der Waals surface area contributed by atoms with Gasteiger partial charge in [0.2, 0.25) is 6.29 Å². The first-order valence-electron chi connectivity index (χ1n) is 14.6. The Morgan fingerprint density at radius 3 is 1.81 bits per heavy atom. The molecule has 0 bridgehead atoms. The Labute approximate surface area is 227 Å². The number of carboxylic acids is 1. The third-order valence-corrected chi connectivity index (χ3v) is 8.91. The van der Waals surface area contributed by atoms with E-state index in [4.69, 9.17) is 9.47 Å². The van der Waals surface area contributed by atoms with Crippen LogP contribution >= 0.6 is 20.2 Å². The lowest BCUT2D eigenvalue weighted by atomic mass is 10.1. The van der Waals surface area contributed by atoms with Gasteiger partial charge in [-0.25, -0.2) is 4.79 Å². The Balaban J connectivity index is 4.83. The van der Waals surface area contributed by atoms with Crippen LogP contribution in [0.2, 0.25) is 0 Å². The molecule has 0 aliphatic heterocycles. The maximum Gasteiger partial charge on any atom is 0.407 e. The molecule has 6 nitrogen and oxygen atoms in total. The van der Waals surface area contributed by atoms with E-state index in [1.54, 1.807) is 0 Å². The van der Waals surface area contributed by atoms with Gasteiger partial charge in [-0.2, -0.15) is 11.8 Å². The van der Waals surface area contributed by atoms with Crippen LogP contribution in [0, 0.1) is 0 Å². The Morgan fingerprint density at radius 2 is 1.33 bits per heavy atom. The van der Waals surface area contributed by atoms with Gasteiger partial charge >= 0.3 is 19.8 Å². The second-order valence-electron chi connectivity index (χ2n) is 10.0. The molecule has 0 saturated heterocycles. The lowest BCUT2D eigenvalue weighted by Crippen LogP contribution is -2.50. The number of unbranched alkanes of at least 4 members (excludes halogenated alkanes) is 13. The number of hydrogen-bond acceptors (Lipinski definition) is 6. The fraction of sp³-hybridized carbons (Fsp3) is 0.964. The van der Waals surface area contributed by atoms with Crippen molar-refractivity contribution in [3.05, 3.63) is 0 Å². The van der Waals surface area contributed by atoms with E-state index in [1.165, 1.54) is 83.5 Å². The van der Waals surface area contributed by atoms with Gasteiger partial charge in [-0.1, -0.05) is 115 Å². The normalized spacial score (nSPS) is 16.0. The maximum absolute atomic E-state index is 11.7. The number of aliphatic hydroxyl groups is 1. The van der Waals surface area contributed by atoms with Crippen molar-refractivity contribution in [1.82, 2.24) is 0 Å². The second-order valence-corrected chi connectivity index (χ2v) is 12.3. The molecule has 0 aromatic rings. The maximum atomic E-state index is 11.7.